The van der Waals surface area contributed by atoms with Gasteiger partial charge in [-0.05, 0) is 6.92 Å². The zero-order valence-electron chi connectivity index (χ0n) is 8.38. The van der Waals surface area contributed by atoms with E-state index in [1.807, 2.05) is 6.92 Å². The summed E-state index contributed by atoms with van der Waals surface area (Å²) in [7, 11) is -3.36. The lowest BCUT2D eigenvalue weighted by molar-refractivity contribution is 0.592. The van der Waals surface area contributed by atoms with Gasteiger partial charge in [-0.25, -0.2) is 18.1 Å². The molecule has 7 heteroatoms. The van der Waals surface area contributed by atoms with Crippen LogP contribution in [0.5, 0.6) is 0 Å². The monoisotopic (exact) mass is 226 g/mol. The maximum Gasteiger partial charge on any atom is 0.248 e. The Morgan fingerprint density at radius 3 is 2.73 bits per heavy atom. The van der Waals surface area contributed by atoms with Crippen molar-refractivity contribution in [1.82, 2.24) is 19.7 Å². The van der Waals surface area contributed by atoms with E-state index in [9.17, 15) is 8.42 Å². The van der Waals surface area contributed by atoms with Crippen LogP contribution in [0, 0.1) is 0 Å². The van der Waals surface area contributed by atoms with Gasteiger partial charge in [0.2, 0.25) is 15.0 Å². The molecule has 0 radical (unpaired) electrons. The molecule has 0 bridgehead atoms. The Kier molecular flexibility index (Phi) is 2.18. The first kappa shape index (κ1) is 10.0. The molecule has 2 heterocycles. The van der Waals surface area contributed by atoms with Crippen molar-refractivity contribution in [3.63, 3.8) is 0 Å². The van der Waals surface area contributed by atoms with E-state index in [2.05, 4.69) is 15.1 Å². The summed E-state index contributed by atoms with van der Waals surface area (Å²) in [5.41, 5.74) is 0.549. The molecule has 0 amide bonds. The average Bonchev–Trinajstić information content (AvgIpc) is 2.57. The highest BCUT2D eigenvalue weighted by Crippen LogP contribution is 2.11. The molecular weight excluding hydrogens is 216 g/mol. The van der Waals surface area contributed by atoms with Gasteiger partial charge in [-0.15, -0.1) is 0 Å². The Bertz CT molecular complexity index is 602. The van der Waals surface area contributed by atoms with Crippen molar-refractivity contribution in [3.8, 4) is 0 Å². The van der Waals surface area contributed by atoms with Crippen LogP contribution in [0.4, 0.5) is 0 Å². The van der Waals surface area contributed by atoms with E-state index < -0.39 is 9.84 Å². The normalized spacial score (nSPS) is 12.1. The van der Waals surface area contributed by atoms with Gasteiger partial charge in [0, 0.05) is 19.0 Å². The van der Waals surface area contributed by atoms with Crippen LogP contribution in [-0.2, 0) is 16.4 Å². The largest absolute Gasteiger partial charge is 0.248 e. The second-order valence-electron chi connectivity index (χ2n) is 3.16. The third-order valence-electron chi connectivity index (χ3n) is 1.99. The molecule has 0 unspecified atom stereocenters. The molecular formula is C8H10N4O2S. The highest BCUT2D eigenvalue weighted by atomic mass is 32.2. The fourth-order valence-electron chi connectivity index (χ4n) is 1.26. The molecule has 0 aliphatic carbocycles. The van der Waals surface area contributed by atoms with E-state index in [0.29, 0.717) is 12.2 Å². The number of aromatic nitrogens is 4. The first-order valence-corrected chi connectivity index (χ1v) is 6.30. The quantitative estimate of drug-likeness (QED) is 0.686. The van der Waals surface area contributed by atoms with Crippen LogP contribution < -0.4 is 0 Å². The summed E-state index contributed by atoms with van der Waals surface area (Å²) in [6.07, 6.45) is 4.17. The number of hydrogen-bond donors (Lipinski definition) is 0. The van der Waals surface area contributed by atoms with Crippen molar-refractivity contribution in [2.24, 2.45) is 0 Å². The minimum atomic E-state index is -3.36. The van der Waals surface area contributed by atoms with Gasteiger partial charge in [0.1, 0.15) is 0 Å². The van der Waals surface area contributed by atoms with Crippen LogP contribution in [0.25, 0.3) is 11.0 Å². The van der Waals surface area contributed by atoms with Crippen LogP contribution in [0.3, 0.4) is 0 Å². The molecule has 15 heavy (non-hydrogen) atoms. The lowest BCUT2D eigenvalue weighted by Gasteiger charge is -1.99. The first-order valence-electron chi connectivity index (χ1n) is 4.41. The average molecular weight is 226 g/mol. The molecule has 0 atom stereocenters. The van der Waals surface area contributed by atoms with Crippen molar-refractivity contribution in [3.05, 3.63) is 12.4 Å². The molecule has 0 saturated heterocycles. The van der Waals surface area contributed by atoms with Crippen LogP contribution in [0.15, 0.2) is 17.6 Å². The van der Waals surface area contributed by atoms with Crippen molar-refractivity contribution < 1.29 is 8.42 Å². The first-order chi connectivity index (χ1) is 7.02. The predicted octanol–water partition coefficient (Wildman–Crippen LogP) is 0.250. The number of aryl methyl sites for hydroxylation is 1. The van der Waals surface area contributed by atoms with E-state index in [-0.39, 0.29) is 5.16 Å². The summed E-state index contributed by atoms with van der Waals surface area (Å²) in [5, 5.41) is 4.63. The molecule has 0 fully saturated rings. The standard InChI is InChI=1S/C8H10N4O2S/c1-3-12-7-6(5-10-12)4-9-8(11-7)15(2,13)14/h4-5H,3H2,1-2H3. The molecule has 0 spiro atoms. The topological polar surface area (TPSA) is 77.7 Å². The predicted molar refractivity (Wildman–Crippen MR) is 54.1 cm³/mol. The lowest BCUT2D eigenvalue weighted by Crippen LogP contribution is -2.05. The van der Waals surface area contributed by atoms with Gasteiger partial charge < -0.3 is 0 Å². The third-order valence-corrected chi connectivity index (χ3v) is 2.85. The van der Waals surface area contributed by atoms with E-state index in [4.69, 9.17) is 0 Å². The zero-order chi connectivity index (χ0) is 11.1. The lowest BCUT2D eigenvalue weighted by atomic mass is 10.4. The molecule has 2 aromatic heterocycles. The fraction of sp³-hybridized carbons (Fsp3) is 0.375. The van der Waals surface area contributed by atoms with E-state index in [1.165, 1.54) is 6.20 Å². The smallest absolute Gasteiger partial charge is 0.247 e. The van der Waals surface area contributed by atoms with Crippen LogP contribution in [0.1, 0.15) is 6.92 Å². The molecule has 0 aromatic carbocycles. The molecule has 0 N–H and O–H groups in total. The van der Waals surface area contributed by atoms with Gasteiger partial charge in [-0.3, -0.25) is 0 Å². The molecule has 2 rings (SSSR count). The Morgan fingerprint density at radius 1 is 1.40 bits per heavy atom. The van der Waals surface area contributed by atoms with Gasteiger partial charge in [0.15, 0.2) is 5.65 Å². The molecule has 0 saturated carbocycles. The number of fused-ring (bicyclic) bond motifs is 1. The van der Waals surface area contributed by atoms with Gasteiger partial charge in [0.05, 0.1) is 11.6 Å². The molecule has 6 nitrogen and oxygen atoms in total. The number of nitrogens with zero attached hydrogens (tertiary/aromatic N) is 4. The zero-order valence-corrected chi connectivity index (χ0v) is 9.19. The minimum absolute atomic E-state index is 0.162. The Hall–Kier alpha value is -1.50. The summed E-state index contributed by atoms with van der Waals surface area (Å²) >= 11 is 0. The molecule has 2 aromatic rings. The van der Waals surface area contributed by atoms with E-state index >= 15 is 0 Å². The summed E-state index contributed by atoms with van der Waals surface area (Å²) in [6.45, 7) is 2.55. The summed E-state index contributed by atoms with van der Waals surface area (Å²) in [6, 6.07) is 0. The summed E-state index contributed by atoms with van der Waals surface area (Å²) in [4.78, 5) is 7.75. The van der Waals surface area contributed by atoms with Crippen molar-refractivity contribution in [2.45, 2.75) is 18.6 Å². The van der Waals surface area contributed by atoms with Crippen molar-refractivity contribution >= 4 is 20.9 Å². The Balaban J connectivity index is 2.73. The summed E-state index contributed by atoms with van der Waals surface area (Å²) in [5.74, 6) is 0. The van der Waals surface area contributed by atoms with Gasteiger partial charge >= 0.3 is 0 Å². The maximum atomic E-state index is 11.2. The van der Waals surface area contributed by atoms with Crippen molar-refractivity contribution in [1.29, 1.82) is 0 Å². The number of rotatable bonds is 2. The van der Waals surface area contributed by atoms with Gasteiger partial charge in [0.25, 0.3) is 0 Å². The molecule has 0 aliphatic rings. The Labute approximate surface area is 86.9 Å². The second kappa shape index (κ2) is 3.27. The number of hydrogen-bond acceptors (Lipinski definition) is 5. The summed E-state index contributed by atoms with van der Waals surface area (Å²) < 4.78 is 24.1. The minimum Gasteiger partial charge on any atom is -0.247 e. The highest BCUT2D eigenvalue weighted by Gasteiger charge is 2.13. The second-order valence-corrected chi connectivity index (χ2v) is 5.07. The maximum absolute atomic E-state index is 11.2. The SMILES string of the molecule is CCn1ncc2cnc(S(C)(=O)=O)nc21. The van der Waals surface area contributed by atoms with Crippen LogP contribution in [0.2, 0.25) is 0 Å². The molecule has 80 valence electrons. The van der Waals surface area contributed by atoms with E-state index in [1.54, 1.807) is 10.9 Å². The highest BCUT2D eigenvalue weighted by molar-refractivity contribution is 7.90. The Morgan fingerprint density at radius 2 is 2.13 bits per heavy atom. The third kappa shape index (κ3) is 1.70. The van der Waals surface area contributed by atoms with Crippen LogP contribution in [-0.4, -0.2) is 34.4 Å². The van der Waals surface area contributed by atoms with Gasteiger partial charge in [-0.1, -0.05) is 0 Å². The van der Waals surface area contributed by atoms with Crippen molar-refractivity contribution in [2.75, 3.05) is 6.26 Å². The fourth-order valence-corrected chi connectivity index (χ4v) is 1.76. The molecule has 0 aliphatic heterocycles. The van der Waals surface area contributed by atoms with Gasteiger partial charge in [-0.2, -0.15) is 10.1 Å². The number of sulfone groups is 1. The van der Waals surface area contributed by atoms with Crippen LogP contribution >= 0.6 is 0 Å². The van der Waals surface area contributed by atoms with E-state index in [0.717, 1.165) is 11.6 Å².